The van der Waals surface area contributed by atoms with Crippen molar-refractivity contribution < 1.29 is 1.41 Å². The fourth-order valence-electron chi connectivity index (χ4n) is 2.81. The third kappa shape index (κ3) is 8.00. The van der Waals surface area contributed by atoms with Crippen LogP contribution in [-0.2, 0) is 1.41 Å². The molecule has 0 atom stereocenters. The monoisotopic (exact) mass is 544 g/mol. The van der Waals surface area contributed by atoms with Gasteiger partial charge in [-0.25, -0.2) is 0 Å². The fraction of sp³-hybridized carbons (Fsp3) is 0.857. The summed E-state index contributed by atoms with van der Waals surface area (Å²) in [4.78, 5) is 0. The van der Waals surface area contributed by atoms with Crippen molar-refractivity contribution in [2.24, 2.45) is 6.43 Å². The van der Waals surface area contributed by atoms with Crippen LogP contribution in [0.4, 0.5) is 0 Å². The molecule has 0 saturated heterocycles. The average molecular weight is 542 g/mol. The first-order valence-electron chi connectivity index (χ1n) is 7.95. The molecule has 0 radical (unpaired) electrons. The molecule has 0 amide bonds. The van der Waals surface area contributed by atoms with Crippen LogP contribution < -0.4 is 0 Å². The predicted octanol–water partition coefficient (Wildman–Crippen LogP) is 5.73. The normalized spacial score (nSPS) is 11.6. The van der Waals surface area contributed by atoms with E-state index in [0.717, 1.165) is 43.4 Å². The van der Waals surface area contributed by atoms with Gasteiger partial charge in [0.1, 0.15) is 0 Å². The van der Waals surface area contributed by atoms with Gasteiger partial charge in [0.05, 0.1) is 0 Å². The van der Waals surface area contributed by atoms with E-state index in [-0.39, 0.29) is 0 Å². The molecular formula is C14H28N2OS2Sn2. The van der Waals surface area contributed by atoms with Crippen molar-refractivity contribution in [3.05, 3.63) is 0 Å². The summed E-state index contributed by atoms with van der Waals surface area (Å²) in [6.45, 7) is 8.79. The maximum absolute atomic E-state index is 6.90. The molecule has 0 aromatic rings. The summed E-state index contributed by atoms with van der Waals surface area (Å²) in [7, 11) is 0. The molecule has 0 aliphatic carbocycles. The summed E-state index contributed by atoms with van der Waals surface area (Å²) in [6, 6.07) is 0. The molecule has 0 spiro atoms. The van der Waals surface area contributed by atoms with Gasteiger partial charge < -0.3 is 0 Å². The third-order valence-corrected chi connectivity index (χ3v) is 38.9. The van der Waals surface area contributed by atoms with Gasteiger partial charge in [-0.05, 0) is 0 Å². The molecule has 0 aliphatic heterocycles. The Labute approximate surface area is 150 Å². The van der Waals surface area contributed by atoms with E-state index >= 15 is 0 Å². The molecule has 0 N–H and O–H groups in total. The van der Waals surface area contributed by atoms with Gasteiger partial charge in [-0.15, -0.1) is 0 Å². The van der Waals surface area contributed by atoms with Crippen molar-refractivity contribution in [2.75, 3.05) is 0 Å². The van der Waals surface area contributed by atoms with E-state index in [1.54, 1.807) is 0 Å². The summed E-state index contributed by atoms with van der Waals surface area (Å²) >= 11 is 3.69. The third-order valence-electron chi connectivity index (χ3n) is 3.44. The van der Waals surface area contributed by atoms with Gasteiger partial charge in [0.25, 0.3) is 0 Å². The summed E-state index contributed by atoms with van der Waals surface area (Å²) in [5, 5.41) is 5.30. The van der Waals surface area contributed by atoms with Crippen molar-refractivity contribution in [3.63, 3.8) is 0 Å². The molecule has 7 heteroatoms. The van der Waals surface area contributed by atoms with Crippen LogP contribution in [0.3, 0.4) is 0 Å². The van der Waals surface area contributed by atoms with Crippen LogP contribution in [0.5, 0.6) is 0 Å². The number of rotatable bonds is 12. The molecule has 0 unspecified atom stereocenters. The van der Waals surface area contributed by atoms with Crippen molar-refractivity contribution in [1.29, 1.82) is 0 Å². The van der Waals surface area contributed by atoms with Crippen LogP contribution in [0, 0.1) is 0 Å². The molecule has 0 fully saturated rings. The van der Waals surface area contributed by atoms with Crippen LogP contribution in [0.15, 0.2) is 6.43 Å². The van der Waals surface area contributed by atoms with Crippen LogP contribution in [0.25, 0.3) is 0 Å². The molecule has 0 saturated carbocycles. The Morgan fingerprint density at radius 2 is 1.00 bits per heavy atom. The first kappa shape index (κ1) is 22.2. The van der Waals surface area contributed by atoms with E-state index in [1.165, 1.54) is 0 Å². The van der Waals surface area contributed by atoms with E-state index in [2.05, 4.69) is 44.4 Å². The van der Waals surface area contributed by atoms with Gasteiger partial charge in [-0.2, -0.15) is 0 Å². The van der Waals surface area contributed by atoms with Gasteiger partial charge in [0.2, 0.25) is 0 Å². The molecular weight excluding hydrogens is 514 g/mol. The Balaban J connectivity index is 5.63. The average Bonchev–Trinajstić information content (AvgIpc) is 2.40. The summed E-state index contributed by atoms with van der Waals surface area (Å²) in [6.07, 6.45) is 4.38. The maximum atomic E-state index is 6.90. The number of nitrogens with zero attached hydrogens (tertiary/aromatic N) is 2. The van der Waals surface area contributed by atoms with Gasteiger partial charge in [0, 0.05) is 0 Å². The zero-order valence-corrected chi connectivity index (χ0v) is 21.1. The number of hydrogen-bond acceptors (Lipinski definition) is 5. The van der Waals surface area contributed by atoms with E-state index in [0.29, 0.717) is 0 Å². The van der Waals surface area contributed by atoms with Gasteiger partial charge in [0.15, 0.2) is 0 Å². The molecule has 0 aromatic heterocycles. The predicted molar refractivity (Wildman–Crippen MR) is 103 cm³/mol. The van der Waals surface area contributed by atoms with Crippen molar-refractivity contribution in [3.8, 4) is 0 Å². The minimum absolute atomic E-state index is 1.07. The summed E-state index contributed by atoms with van der Waals surface area (Å²) in [5.41, 5.74) is 0. The number of hydrogen-bond donors (Lipinski definition) is 0. The second-order valence-electron chi connectivity index (χ2n) is 5.40. The van der Waals surface area contributed by atoms with E-state index in [1.807, 2.05) is 0 Å². The van der Waals surface area contributed by atoms with E-state index < -0.39 is 38.1 Å². The molecule has 0 aliphatic rings. The summed E-state index contributed by atoms with van der Waals surface area (Å²) < 4.78 is 20.5. The Morgan fingerprint density at radius 1 is 0.714 bits per heavy atom. The summed E-state index contributed by atoms with van der Waals surface area (Å²) in [5.74, 6) is 0. The molecule has 21 heavy (non-hydrogen) atoms. The van der Waals surface area contributed by atoms with Crippen molar-refractivity contribution in [2.45, 2.75) is 71.1 Å². The molecule has 120 valence electrons. The van der Waals surface area contributed by atoms with Crippen LogP contribution in [-0.4, -0.2) is 48.5 Å². The van der Waals surface area contributed by atoms with Crippen molar-refractivity contribution in [1.82, 2.24) is 0 Å². The van der Waals surface area contributed by atoms with Gasteiger partial charge in [-0.1, -0.05) is 0 Å². The quantitative estimate of drug-likeness (QED) is 0.180. The fourth-order valence-corrected chi connectivity index (χ4v) is 44.2. The Morgan fingerprint density at radius 3 is 1.19 bits per heavy atom. The van der Waals surface area contributed by atoms with E-state index in [9.17, 15) is 0 Å². The Bertz CT molecular complexity index is 346. The molecule has 3 nitrogen and oxygen atoms in total. The standard InChI is InChI=1S/4C3H7.2CNS.O.2Sn/c4*1-3-2;2*2-1-3;;;/h4*1,3H2,2H3;;;;;/q;;;;2*-1;;2*+1. The molecule has 0 bridgehead atoms. The molecule has 0 rings (SSSR count). The van der Waals surface area contributed by atoms with Crippen LogP contribution in [0.1, 0.15) is 53.4 Å². The van der Waals surface area contributed by atoms with Crippen molar-refractivity contribution >= 4 is 72.9 Å². The molecule has 0 heterocycles. The topological polar surface area (TPSA) is 34.0 Å². The SMILES string of the molecule is CC[CH2][Sn]([CH2]CC)([N]=C=S)[O][Sn]([CH2]CC)([CH2]CC)[N]=C=S. The second-order valence-corrected chi connectivity index (χ2v) is 28.0. The number of isothiocyanates is 2. The van der Waals surface area contributed by atoms with Gasteiger partial charge >= 0.3 is 152 Å². The number of thiocarbonyl (C=S) groups is 2. The zero-order valence-electron chi connectivity index (χ0n) is 13.8. The minimum atomic E-state index is -3.08. The van der Waals surface area contributed by atoms with Gasteiger partial charge in [-0.3, -0.25) is 0 Å². The zero-order chi connectivity index (χ0) is 16.2. The Kier molecular flexibility index (Phi) is 13.3. The first-order valence-corrected chi connectivity index (χ1v) is 21.7. The molecule has 0 aromatic carbocycles. The van der Waals surface area contributed by atoms with Crippen LogP contribution >= 0.6 is 24.4 Å². The Hall–Kier alpha value is 1.16. The van der Waals surface area contributed by atoms with E-state index in [4.69, 9.17) is 25.8 Å². The first-order chi connectivity index (χ1) is 10.1. The van der Waals surface area contributed by atoms with Crippen LogP contribution in [0.2, 0.25) is 17.7 Å². The second kappa shape index (κ2) is 12.6.